The second-order valence-electron chi connectivity index (χ2n) is 2.86. The van der Waals surface area contributed by atoms with Gasteiger partial charge in [0.05, 0.1) is 27.1 Å². The molecule has 0 aliphatic heterocycles. The number of aromatic nitrogens is 1. The second-order valence-corrected chi connectivity index (χ2v) is 4.24. The van der Waals surface area contributed by atoms with E-state index in [0.29, 0.717) is 26.8 Å². The summed E-state index contributed by atoms with van der Waals surface area (Å²) in [6.07, 6.45) is 1.64. The standard InChI is InChI=1S/C10H6BrCl2NO/c11-4-6-5-14-10(15-6)9-7(12)2-1-3-8(9)13/h1-3,5H,4H2. The van der Waals surface area contributed by atoms with E-state index in [2.05, 4.69) is 20.9 Å². The van der Waals surface area contributed by atoms with Crippen LogP contribution in [0, 0.1) is 0 Å². The zero-order valence-electron chi connectivity index (χ0n) is 7.51. The fraction of sp³-hybridized carbons (Fsp3) is 0.100. The van der Waals surface area contributed by atoms with E-state index in [0.717, 1.165) is 5.76 Å². The number of rotatable bonds is 2. The number of oxazole rings is 1. The van der Waals surface area contributed by atoms with Crippen LogP contribution in [0.25, 0.3) is 11.5 Å². The number of hydrogen-bond acceptors (Lipinski definition) is 2. The summed E-state index contributed by atoms with van der Waals surface area (Å²) in [5.41, 5.74) is 0.632. The molecule has 1 heterocycles. The Hall–Kier alpha value is -0.510. The topological polar surface area (TPSA) is 26.0 Å². The van der Waals surface area contributed by atoms with Gasteiger partial charge in [-0.3, -0.25) is 0 Å². The van der Waals surface area contributed by atoms with Crippen LogP contribution in [-0.4, -0.2) is 4.98 Å². The van der Waals surface area contributed by atoms with E-state index in [9.17, 15) is 0 Å². The van der Waals surface area contributed by atoms with E-state index < -0.39 is 0 Å². The summed E-state index contributed by atoms with van der Waals surface area (Å²) in [4.78, 5) is 4.11. The third-order valence-corrected chi connectivity index (χ3v) is 3.04. The molecule has 15 heavy (non-hydrogen) atoms. The van der Waals surface area contributed by atoms with Crippen molar-refractivity contribution < 1.29 is 4.42 Å². The first-order chi connectivity index (χ1) is 7.22. The zero-order chi connectivity index (χ0) is 10.8. The summed E-state index contributed by atoms with van der Waals surface area (Å²) in [6.45, 7) is 0. The van der Waals surface area contributed by atoms with Gasteiger partial charge in [0, 0.05) is 0 Å². The fourth-order valence-electron chi connectivity index (χ4n) is 1.19. The predicted molar refractivity (Wildman–Crippen MR) is 64.6 cm³/mol. The molecule has 2 aromatic rings. The van der Waals surface area contributed by atoms with Gasteiger partial charge < -0.3 is 4.42 Å². The molecule has 0 amide bonds. The number of nitrogens with zero attached hydrogens (tertiary/aromatic N) is 1. The van der Waals surface area contributed by atoms with Gasteiger partial charge in [-0.2, -0.15) is 0 Å². The molecule has 0 saturated carbocycles. The predicted octanol–water partition coefficient (Wildman–Crippen LogP) is 4.54. The van der Waals surface area contributed by atoms with Crippen LogP contribution in [0.3, 0.4) is 0 Å². The minimum atomic E-state index is 0.444. The maximum atomic E-state index is 6.02. The van der Waals surface area contributed by atoms with E-state index in [4.69, 9.17) is 27.6 Å². The summed E-state index contributed by atoms with van der Waals surface area (Å²) in [7, 11) is 0. The highest BCUT2D eigenvalue weighted by Crippen LogP contribution is 2.34. The Bertz CT molecular complexity index is 464. The van der Waals surface area contributed by atoms with Crippen LogP contribution < -0.4 is 0 Å². The van der Waals surface area contributed by atoms with Gasteiger partial charge in [-0.1, -0.05) is 45.2 Å². The maximum absolute atomic E-state index is 6.02. The van der Waals surface area contributed by atoms with E-state index in [-0.39, 0.29) is 0 Å². The molecular weight excluding hydrogens is 301 g/mol. The molecule has 0 unspecified atom stereocenters. The summed E-state index contributed by atoms with van der Waals surface area (Å²) in [5.74, 6) is 1.18. The van der Waals surface area contributed by atoms with E-state index >= 15 is 0 Å². The third-order valence-electron chi connectivity index (χ3n) is 1.86. The SMILES string of the molecule is Clc1cccc(Cl)c1-c1ncc(CBr)o1. The molecule has 0 aliphatic rings. The first-order valence-corrected chi connectivity index (χ1v) is 6.05. The van der Waals surface area contributed by atoms with Crippen molar-refractivity contribution in [1.29, 1.82) is 0 Å². The molecular formula is C10H6BrCl2NO. The largest absolute Gasteiger partial charge is 0.440 e. The van der Waals surface area contributed by atoms with Crippen molar-refractivity contribution in [3.8, 4) is 11.5 Å². The lowest BCUT2D eigenvalue weighted by Gasteiger charge is -2.01. The molecule has 1 aromatic carbocycles. The van der Waals surface area contributed by atoms with Gasteiger partial charge in [-0.25, -0.2) is 4.98 Å². The molecule has 0 aliphatic carbocycles. The first kappa shape index (κ1) is 11.0. The van der Waals surface area contributed by atoms with Gasteiger partial charge >= 0.3 is 0 Å². The molecule has 0 bridgehead atoms. The monoisotopic (exact) mass is 305 g/mol. The second kappa shape index (κ2) is 4.56. The molecule has 1 aromatic heterocycles. The van der Waals surface area contributed by atoms with Gasteiger partial charge in [-0.15, -0.1) is 0 Å². The van der Waals surface area contributed by atoms with Crippen molar-refractivity contribution >= 4 is 39.1 Å². The average molecular weight is 307 g/mol. The molecule has 0 N–H and O–H groups in total. The number of hydrogen-bond donors (Lipinski definition) is 0. The molecule has 0 fully saturated rings. The molecule has 78 valence electrons. The van der Waals surface area contributed by atoms with Crippen molar-refractivity contribution in [2.24, 2.45) is 0 Å². The van der Waals surface area contributed by atoms with Crippen LogP contribution in [0.15, 0.2) is 28.8 Å². The Kier molecular flexibility index (Phi) is 3.34. The van der Waals surface area contributed by atoms with Crippen molar-refractivity contribution in [1.82, 2.24) is 4.98 Å². The quantitative estimate of drug-likeness (QED) is 0.761. The van der Waals surface area contributed by atoms with Gasteiger partial charge in [0.15, 0.2) is 0 Å². The van der Waals surface area contributed by atoms with Crippen LogP contribution in [0.2, 0.25) is 10.0 Å². The summed E-state index contributed by atoms with van der Waals surface area (Å²) >= 11 is 15.3. The van der Waals surface area contributed by atoms with E-state index in [1.54, 1.807) is 24.4 Å². The van der Waals surface area contributed by atoms with Gasteiger partial charge in [-0.05, 0) is 12.1 Å². The van der Waals surface area contributed by atoms with E-state index in [1.165, 1.54) is 0 Å². The minimum absolute atomic E-state index is 0.444. The lowest BCUT2D eigenvalue weighted by Crippen LogP contribution is -1.80. The van der Waals surface area contributed by atoms with E-state index in [1.807, 2.05) is 0 Å². The van der Waals surface area contributed by atoms with Crippen LogP contribution in [0.4, 0.5) is 0 Å². The third kappa shape index (κ3) is 2.19. The molecule has 0 saturated heterocycles. The average Bonchev–Trinajstić information content (AvgIpc) is 2.66. The first-order valence-electron chi connectivity index (χ1n) is 4.17. The number of alkyl halides is 1. The van der Waals surface area contributed by atoms with Crippen LogP contribution >= 0.6 is 39.1 Å². The summed E-state index contributed by atoms with van der Waals surface area (Å²) in [6, 6.07) is 5.28. The molecule has 0 atom stereocenters. The highest BCUT2D eigenvalue weighted by atomic mass is 79.9. The normalized spacial score (nSPS) is 10.6. The lowest BCUT2D eigenvalue weighted by atomic mass is 10.2. The Morgan fingerprint density at radius 1 is 1.27 bits per heavy atom. The molecule has 0 spiro atoms. The highest BCUT2D eigenvalue weighted by molar-refractivity contribution is 9.08. The minimum Gasteiger partial charge on any atom is -0.440 e. The Morgan fingerprint density at radius 2 is 1.93 bits per heavy atom. The molecule has 2 rings (SSSR count). The summed E-state index contributed by atoms with van der Waals surface area (Å²) in [5, 5.41) is 1.68. The number of benzene rings is 1. The van der Waals surface area contributed by atoms with Crippen LogP contribution in [-0.2, 0) is 5.33 Å². The highest BCUT2D eigenvalue weighted by Gasteiger charge is 2.13. The van der Waals surface area contributed by atoms with Crippen molar-refractivity contribution in [3.05, 3.63) is 40.2 Å². The zero-order valence-corrected chi connectivity index (χ0v) is 10.6. The molecule has 0 radical (unpaired) electrons. The van der Waals surface area contributed by atoms with Crippen LogP contribution in [0.1, 0.15) is 5.76 Å². The van der Waals surface area contributed by atoms with Crippen molar-refractivity contribution in [3.63, 3.8) is 0 Å². The Balaban J connectivity index is 2.53. The van der Waals surface area contributed by atoms with Gasteiger partial charge in [0.2, 0.25) is 5.89 Å². The summed E-state index contributed by atoms with van der Waals surface area (Å²) < 4.78 is 5.45. The molecule has 5 heteroatoms. The Morgan fingerprint density at radius 3 is 2.47 bits per heavy atom. The van der Waals surface area contributed by atoms with Gasteiger partial charge in [0.1, 0.15) is 5.76 Å². The van der Waals surface area contributed by atoms with Crippen molar-refractivity contribution in [2.45, 2.75) is 5.33 Å². The fourth-order valence-corrected chi connectivity index (χ4v) is 2.01. The maximum Gasteiger partial charge on any atom is 0.229 e. The smallest absolute Gasteiger partial charge is 0.229 e. The number of halogens is 3. The van der Waals surface area contributed by atoms with Crippen LogP contribution in [0.5, 0.6) is 0 Å². The van der Waals surface area contributed by atoms with Gasteiger partial charge in [0.25, 0.3) is 0 Å². The Labute approximate surface area is 105 Å². The van der Waals surface area contributed by atoms with Crippen molar-refractivity contribution in [2.75, 3.05) is 0 Å². The molecule has 2 nitrogen and oxygen atoms in total. The lowest BCUT2D eigenvalue weighted by molar-refractivity contribution is 0.540.